The number of thioether (sulfide) groups is 1. The average molecular weight is 259 g/mol. The monoisotopic (exact) mass is 259 g/mol. The minimum absolute atomic E-state index is 0.0390. The van der Waals surface area contributed by atoms with Crippen molar-refractivity contribution >= 4 is 17.7 Å². The Kier molecular flexibility index (Phi) is 6.97. The molecule has 1 fully saturated rings. The quantitative estimate of drug-likeness (QED) is 0.713. The fourth-order valence-corrected chi connectivity index (χ4v) is 3.50. The van der Waals surface area contributed by atoms with Crippen LogP contribution in [0, 0.1) is 5.92 Å². The first-order valence-electron chi connectivity index (χ1n) is 6.70. The number of hydrogen-bond acceptors (Lipinski definition) is 4. The summed E-state index contributed by atoms with van der Waals surface area (Å²) in [5.41, 5.74) is 0. The van der Waals surface area contributed by atoms with Crippen molar-refractivity contribution in [1.29, 1.82) is 0 Å². The van der Waals surface area contributed by atoms with E-state index in [1.807, 2.05) is 25.6 Å². The van der Waals surface area contributed by atoms with Crippen molar-refractivity contribution in [2.75, 3.05) is 18.9 Å². The summed E-state index contributed by atoms with van der Waals surface area (Å²) in [4.78, 5) is 11.5. The van der Waals surface area contributed by atoms with Crippen molar-refractivity contribution < 1.29 is 9.53 Å². The summed E-state index contributed by atoms with van der Waals surface area (Å²) < 4.78 is 5.01. The maximum absolute atomic E-state index is 11.5. The number of esters is 1. The number of nitrogens with one attached hydrogen (secondary N) is 1. The lowest BCUT2D eigenvalue weighted by atomic mass is 10.1. The van der Waals surface area contributed by atoms with E-state index in [-0.39, 0.29) is 11.9 Å². The highest BCUT2D eigenvalue weighted by Crippen LogP contribution is 2.29. The molecule has 100 valence electrons. The topological polar surface area (TPSA) is 38.3 Å². The lowest BCUT2D eigenvalue weighted by molar-refractivity contribution is -0.147. The molecule has 3 atom stereocenters. The van der Waals surface area contributed by atoms with Gasteiger partial charge in [0.05, 0.1) is 12.5 Å². The Balaban J connectivity index is 2.27. The van der Waals surface area contributed by atoms with Crippen LogP contribution < -0.4 is 5.32 Å². The van der Waals surface area contributed by atoms with Crippen LogP contribution in [0.3, 0.4) is 0 Å². The molecule has 0 aromatic carbocycles. The van der Waals surface area contributed by atoms with Gasteiger partial charge in [-0.1, -0.05) is 20.3 Å². The molecule has 0 heterocycles. The van der Waals surface area contributed by atoms with E-state index in [1.165, 1.54) is 25.0 Å². The molecule has 4 heteroatoms. The average Bonchev–Trinajstić information content (AvgIpc) is 2.74. The van der Waals surface area contributed by atoms with Gasteiger partial charge in [0.25, 0.3) is 0 Å². The minimum atomic E-state index is -0.0855. The Bertz CT molecular complexity index is 235. The summed E-state index contributed by atoms with van der Waals surface area (Å²) in [6, 6.07) is 0.580. The highest BCUT2D eigenvalue weighted by Gasteiger charge is 2.27. The predicted molar refractivity (Wildman–Crippen MR) is 73.4 cm³/mol. The molecule has 1 rings (SSSR count). The third-order valence-corrected chi connectivity index (χ3v) is 4.53. The number of hydrogen-bond donors (Lipinski definition) is 1. The summed E-state index contributed by atoms with van der Waals surface area (Å²) in [7, 11) is 0. The standard InChI is InChI=1S/C13H25NO2S/c1-4-16-13(15)10(3)9-14-11-7-6-8-12(11)17-5-2/h10-12,14H,4-9H2,1-3H3. The molecule has 0 aliphatic heterocycles. The zero-order valence-corrected chi connectivity index (χ0v) is 12.0. The Hall–Kier alpha value is -0.220. The van der Waals surface area contributed by atoms with E-state index in [0.29, 0.717) is 12.6 Å². The smallest absolute Gasteiger partial charge is 0.309 e. The molecule has 0 radical (unpaired) electrons. The third-order valence-electron chi connectivity index (χ3n) is 3.21. The third kappa shape index (κ3) is 4.88. The van der Waals surface area contributed by atoms with Gasteiger partial charge >= 0.3 is 5.97 Å². The van der Waals surface area contributed by atoms with Crippen molar-refractivity contribution in [2.24, 2.45) is 5.92 Å². The molecule has 0 bridgehead atoms. The Morgan fingerprint density at radius 1 is 1.47 bits per heavy atom. The molecule has 1 saturated carbocycles. The molecule has 1 N–H and O–H groups in total. The second-order valence-electron chi connectivity index (χ2n) is 4.59. The molecule has 3 nitrogen and oxygen atoms in total. The van der Waals surface area contributed by atoms with Crippen LogP contribution in [0.25, 0.3) is 0 Å². The molecule has 0 aromatic heterocycles. The summed E-state index contributed by atoms with van der Waals surface area (Å²) in [5, 5.41) is 4.26. The van der Waals surface area contributed by atoms with Gasteiger partial charge in [-0.15, -0.1) is 0 Å². The van der Waals surface area contributed by atoms with Crippen LogP contribution in [0.1, 0.15) is 40.0 Å². The largest absolute Gasteiger partial charge is 0.466 e. The Morgan fingerprint density at radius 2 is 2.24 bits per heavy atom. The maximum atomic E-state index is 11.5. The van der Waals surface area contributed by atoms with Crippen molar-refractivity contribution in [1.82, 2.24) is 5.32 Å². The zero-order chi connectivity index (χ0) is 12.7. The number of carbonyl (C=O) groups is 1. The van der Waals surface area contributed by atoms with Crippen LogP contribution in [-0.4, -0.2) is 36.2 Å². The van der Waals surface area contributed by atoms with Crippen molar-refractivity contribution in [2.45, 2.75) is 51.3 Å². The molecule has 3 unspecified atom stereocenters. The SMILES string of the molecule is CCOC(=O)C(C)CNC1CCCC1SCC. The number of carbonyl (C=O) groups excluding carboxylic acids is 1. The lowest BCUT2D eigenvalue weighted by Gasteiger charge is -2.21. The van der Waals surface area contributed by atoms with E-state index in [2.05, 4.69) is 12.2 Å². The van der Waals surface area contributed by atoms with E-state index in [0.717, 1.165) is 11.8 Å². The van der Waals surface area contributed by atoms with Crippen LogP contribution >= 0.6 is 11.8 Å². The van der Waals surface area contributed by atoms with Gasteiger partial charge in [-0.05, 0) is 25.5 Å². The van der Waals surface area contributed by atoms with Gasteiger partial charge in [0.1, 0.15) is 0 Å². The van der Waals surface area contributed by atoms with E-state index < -0.39 is 0 Å². The van der Waals surface area contributed by atoms with Crippen LogP contribution in [-0.2, 0) is 9.53 Å². The van der Waals surface area contributed by atoms with Gasteiger partial charge in [-0.3, -0.25) is 4.79 Å². The first kappa shape index (κ1) is 14.8. The van der Waals surface area contributed by atoms with Crippen LogP contribution in [0.5, 0.6) is 0 Å². The van der Waals surface area contributed by atoms with Crippen LogP contribution in [0.4, 0.5) is 0 Å². The fourth-order valence-electron chi connectivity index (χ4n) is 2.27. The highest BCUT2D eigenvalue weighted by atomic mass is 32.2. The highest BCUT2D eigenvalue weighted by molar-refractivity contribution is 7.99. The first-order valence-corrected chi connectivity index (χ1v) is 7.75. The lowest BCUT2D eigenvalue weighted by Crippen LogP contribution is -2.39. The second-order valence-corrected chi connectivity index (χ2v) is 6.11. The molecule has 0 aromatic rings. The maximum Gasteiger partial charge on any atom is 0.309 e. The van der Waals surface area contributed by atoms with Gasteiger partial charge in [-0.25, -0.2) is 0 Å². The molecule has 1 aliphatic carbocycles. The van der Waals surface area contributed by atoms with Crippen molar-refractivity contribution in [3.05, 3.63) is 0 Å². The minimum Gasteiger partial charge on any atom is -0.466 e. The molecule has 17 heavy (non-hydrogen) atoms. The van der Waals surface area contributed by atoms with Gasteiger partial charge in [0.15, 0.2) is 0 Å². The van der Waals surface area contributed by atoms with E-state index in [9.17, 15) is 4.79 Å². The van der Waals surface area contributed by atoms with Gasteiger partial charge < -0.3 is 10.1 Å². The van der Waals surface area contributed by atoms with Crippen molar-refractivity contribution in [3.63, 3.8) is 0 Å². The second kappa shape index (κ2) is 7.98. The van der Waals surface area contributed by atoms with Crippen LogP contribution in [0.2, 0.25) is 0 Å². The number of ether oxygens (including phenoxy) is 1. The summed E-state index contributed by atoms with van der Waals surface area (Å²) >= 11 is 2.04. The predicted octanol–water partition coefficient (Wildman–Crippen LogP) is 2.45. The first-order chi connectivity index (χ1) is 8.19. The Labute approximate surface area is 109 Å². The molecule has 0 saturated heterocycles. The molecule has 1 aliphatic rings. The molecular weight excluding hydrogens is 234 g/mol. The van der Waals surface area contributed by atoms with E-state index in [1.54, 1.807) is 0 Å². The van der Waals surface area contributed by atoms with E-state index >= 15 is 0 Å². The fraction of sp³-hybridized carbons (Fsp3) is 0.923. The number of rotatable bonds is 7. The van der Waals surface area contributed by atoms with Crippen molar-refractivity contribution in [3.8, 4) is 0 Å². The molecule has 0 spiro atoms. The molecular formula is C13H25NO2S. The Morgan fingerprint density at radius 3 is 2.88 bits per heavy atom. The molecule has 0 amide bonds. The van der Waals surface area contributed by atoms with Gasteiger partial charge in [-0.2, -0.15) is 11.8 Å². The van der Waals surface area contributed by atoms with Gasteiger partial charge in [0, 0.05) is 17.8 Å². The summed E-state index contributed by atoms with van der Waals surface area (Å²) in [5.74, 6) is 1.05. The summed E-state index contributed by atoms with van der Waals surface area (Å²) in [6.45, 7) is 7.21. The van der Waals surface area contributed by atoms with E-state index in [4.69, 9.17) is 4.74 Å². The zero-order valence-electron chi connectivity index (χ0n) is 11.2. The summed E-state index contributed by atoms with van der Waals surface area (Å²) in [6.07, 6.45) is 3.86. The van der Waals surface area contributed by atoms with Gasteiger partial charge in [0.2, 0.25) is 0 Å². The normalized spacial score (nSPS) is 25.8. The van der Waals surface area contributed by atoms with Crippen LogP contribution in [0.15, 0.2) is 0 Å².